The molecule has 0 amide bonds. The highest BCUT2D eigenvalue weighted by Gasteiger charge is 2.25. The monoisotopic (exact) mass is 284 g/mol. The van der Waals surface area contributed by atoms with Crippen molar-refractivity contribution in [3.63, 3.8) is 0 Å². The van der Waals surface area contributed by atoms with E-state index in [0.29, 0.717) is 11.7 Å². The van der Waals surface area contributed by atoms with Gasteiger partial charge in [-0.15, -0.1) is 0 Å². The third kappa shape index (κ3) is 2.62. The average molecular weight is 284 g/mol. The van der Waals surface area contributed by atoms with Gasteiger partial charge >= 0.3 is 0 Å². The van der Waals surface area contributed by atoms with Crippen LogP contribution < -0.4 is 11.6 Å². The fraction of sp³-hybridized carbons (Fsp3) is 0.471. The Hall–Kier alpha value is -1.97. The quantitative estimate of drug-likeness (QED) is 0.849. The predicted molar refractivity (Wildman–Crippen MR) is 86.6 cm³/mol. The molecule has 1 fully saturated rings. The maximum atomic E-state index is 6.22. The summed E-state index contributed by atoms with van der Waals surface area (Å²) in [7, 11) is 0. The Morgan fingerprint density at radius 3 is 2.48 bits per heavy atom. The first-order valence-electron chi connectivity index (χ1n) is 7.86. The smallest absolute Gasteiger partial charge is 0.146 e. The second-order valence-electron chi connectivity index (χ2n) is 6.08. The third-order valence-corrected chi connectivity index (χ3v) is 4.68. The molecule has 1 atom stereocenters. The molecule has 1 aromatic carbocycles. The summed E-state index contributed by atoms with van der Waals surface area (Å²) >= 11 is 0. The second-order valence-corrected chi connectivity index (χ2v) is 6.08. The molecule has 112 valence electrons. The van der Waals surface area contributed by atoms with Gasteiger partial charge in [-0.3, -0.25) is 0 Å². The normalized spacial score (nSPS) is 17.8. The molecule has 0 bridgehead atoms. The molecule has 1 aliphatic carbocycles. The minimum Gasteiger partial charge on any atom is -0.382 e. The lowest BCUT2D eigenvalue weighted by Crippen LogP contribution is -2.19. The lowest BCUT2D eigenvalue weighted by atomic mass is 9.89. The van der Waals surface area contributed by atoms with E-state index in [1.807, 2.05) is 18.2 Å². The summed E-state index contributed by atoms with van der Waals surface area (Å²) in [6.07, 6.45) is 6.20. The van der Waals surface area contributed by atoms with Gasteiger partial charge in [0.15, 0.2) is 0 Å². The summed E-state index contributed by atoms with van der Waals surface area (Å²) < 4.78 is 1.62. The van der Waals surface area contributed by atoms with Gasteiger partial charge in [-0.25, -0.2) is 9.66 Å². The Bertz CT molecular complexity index is 597. The molecule has 1 unspecified atom stereocenters. The van der Waals surface area contributed by atoms with Crippen molar-refractivity contribution in [2.24, 2.45) is 0 Å². The van der Waals surface area contributed by atoms with Gasteiger partial charge in [0.25, 0.3) is 0 Å². The van der Waals surface area contributed by atoms with Crippen molar-refractivity contribution >= 4 is 5.82 Å². The summed E-state index contributed by atoms with van der Waals surface area (Å²) in [4.78, 5) is 4.82. The van der Waals surface area contributed by atoms with E-state index in [1.165, 1.54) is 37.7 Å². The number of benzene rings is 1. The number of imidazole rings is 1. The molecular weight excluding hydrogens is 260 g/mol. The lowest BCUT2D eigenvalue weighted by Gasteiger charge is -2.20. The zero-order valence-corrected chi connectivity index (χ0v) is 12.6. The number of nitrogens with two attached hydrogens (primary N) is 2. The number of hydrogen-bond acceptors (Lipinski definition) is 3. The summed E-state index contributed by atoms with van der Waals surface area (Å²) in [5, 5.41) is 0. The Morgan fingerprint density at radius 1 is 1.14 bits per heavy atom. The van der Waals surface area contributed by atoms with Gasteiger partial charge in [0, 0.05) is 11.8 Å². The number of nitrogen functional groups attached to an aromatic ring is 2. The van der Waals surface area contributed by atoms with Gasteiger partial charge in [-0.2, -0.15) is 0 Å². The number of nitrogens with zero attached hydrogens (tertiary/aromatic N) is 2. The molecule has 2 aromatic rings. The molecule has 0 aliphatic heterocycles. The van der Waals surface area contributed by atoms with E-state index in [4.69, 9.17) is 16.6 Å². The predicted octanol–water partition coefficient (Wildman–Crippen LogP) is 3.38. The SMILES string of the molecule is CC(c1ccccc1)c1nc(C2CCCCC2)n(N)c1N. The van der Waals surface area contributed by atoms with Gasteiger partial charge in [0.05, 0.1) is 5.69 Å². The summed E-state index contributed by atoms with van der Waals surface area (Å²) in [6.45, 7) is 2.14. The molecule has 21 heavy (non-hydrogen) atoms. The van der Waals surface area contributed by atoms with E-state index >= 15 is 0 Å². The Balaban J connectivity index is 1.93. The summed E-state index contributed by atoms with van der Waals surface area (Å²) in [5.41, 5.74) is 8.35. The van der Waals surface area contributed by atoms with E-state index in [0.717, 1.165) is 11.5 Å². The van der Waals surface area contributed by atoms with Crippen LogP contribution in [0.2, 0.25) is 0 Å². The van der Waals surface area contributed by atoms with Crippen molar-refractivity contribution in [3.8, 4) is 0 Å². The van der Waals surface area contributed by atoms with Crippen LogP contribution in [0.5, 0.6) is 0 Å². The van der Waals surface area contributed by atoms with E-state index in [-0.39, 0.29) is 5.92 Å². The molecule has 0 radical (unpaired) electrons. The molecule has 3 rings (SSSR count). The standard InChI is InChI=1S/C17H24N4/c1-12(13-8-4-2-5-9-13)15-16(18)21(19)17(20-15)14-10-6-3-7-11-14/h2,4-5,8-9,12,14H,3,6-7,10-11,18-19H2,1H3. The second kappa shape index (κ2) is 5.80. The largest absolute Gasteiger partial charge is 0.382 e. The molecule has 1 saturated carbocycles. The molecule has 4 nitrogen and oxygen atoms in total. The lowest BCUT2D eigenvalue weighted by molar-refractivity contribution is 0.424. The zero-order valence-electron chi connectivity index (χ0n) is 12.6. The molecule has 1 aliphatic rings. The molecule has 4 heteroatoms. The Morgan fingerprint density at radius 2 is 1.81 bits per heavy atom. The van der Waals surface area contributed by atoms with Crippen molar-refractivity contribution in [3.05, 3.63) is 47.4 Å². The van der Waals surface area contributed by atoms with Gasteiger partial charge in [-0.1, -0.05) is 56.5 Å². The summed E-state index contributed by atoms with van der Waals surface area (Å²) in [5.74, 6) is 8.37. The number of anilines is 1. The van der Waals surface area contributed by atoms with Crippen LogP contribution in [0.25, 0.3) is 0 Å². The highest BCUT2D eigenvalue weighted by Crippen LogP contribution is 2.35. The Kier molecular flexibility index (Phi) is 3.86. The van der Waals surface area contributed by atoms with Crippen LogP contribution in [0.1, 0.15) is 67.9 Å². The first-order chi connectivity index (χ1) is 10.2. The van der Waals surface area contributed by atoms with Crippen molar-refractivity contribution in [1.29, 1.82) is 0 Å². The minimum absolute atomic E-state index is 0.165. The highest BCUT2D eigenvalue weighted by molar-refractivity contribution is 5.45. The highest BCUT2D eigenvalue weighted by atomic mass is 15.4. The van der Waals surface area contributed by atoms with E-state index < -0.39 is 0 Å². The maximum Gasteiger partial charge on any atom is 0.146 e. The van der Waals surface area contributed by atoms with Crippen molar-refractivity contribution in [2.45, 2.75) is 50.9 Å². The first-order valence-corrected chi connectivity index (χ1v) is 7.86. The molecule has 4 N–H and O–H groups in total. The van der Waals surface area contributed by atoms with Crippen molar-refractivity contribution in [2.75, 3.05) is 11.6 Å². The third-order valence-electron chi connectivity index (χ3n) is 4.68. The zero-order chi connectivity index (χ0) is 14.8. The number of aromatic nitrogens is 2. The van der Waals surface area contributed by atoms with E-state index in [1.54, 1.807) is 4.68 Å². The van der Waals surface area contributed by atoms with Crippen LogP contribution in [0.4, 0.5) is 5.82 Å². The molecule has 0 spiro atoms. The fourth-order valence-corrected chi connectivity index (χ4v) is 3.35. The van der Waals surface area contributed by atoms with Crippen LogP contribution >= 0.6 is 0 Å². The van der Waals surface area contributed by atoms with Crippen LogP contribution in [-0.4, -0.2) is 9.66 Å². The van der Waals surface area contributed by atoms with Crippen LogP contribution in [0.3, 0.4) is 0 Å². The van der Waals surface area contributed by atoms with Crippen LogP contribution in [-0.2, 0) is 0 Å². The van der Waals surface area contributed by atoms with Crippen LogP contribution in [0.15, 0.2) is 30.3 Å². The first kappa shape index (κ1) is 14.0. The average Bonchev–Trinajstić information content (AvgIpc) is 2.84. The molecule has 0 saturated heterocycles. The number of rotatable bonds is 3. The molecule has 1 aromatic heterocycles. The van der Waals surface area contributed by atoms with E-state index in [2.05, 4.69) is 19.1 Å². The van der Waals surface area contributed by atoms with Crippen molar-refractivity contribution < 1.29 is 0 Å². The fourth-order valence-electron chi connectivity index (χ4n) is 3.35. The maximum absolute atomic E-state index is 6.22. The van der Waals surface area contributed by atoms with E-state index in [9.17, 15) is 0 Å². The number of hydrogen-bond donors (Lipinski definition) is 2. The van der Waals surface area contributed by atoms with Gasteiger partial charge in [0.1, 0.15) is 11.6 Å². The van der Waals surface area contributed by atoms with Gasteiger partial charge in [0.2, 0.25) is 0 Å². The minimum atomic E-state index is 0.165. The van der Waals surface area contributed by atoms with Crippen molar-refractivity contribution in [1.82, 2.24) is 9.66 Å². The molecule has 1 heterocycles. The van der Waals surface area contributed by atoms with Gasteiger partial charge < -0.3 is 11.6 Å². The van der Waals surface area contributed by atoms with Crippen LogP contribution in [0, 0.1) is 0 Å². The molecular formula is C17H24N4. The Labute approximate surface area is 126 Å². The topological polar surface area (TPSA) is 69.9 Å². The summed E-state index contributed by atoms with van der Waals surface area (Å²) in [6, 6.07) is 10.3. The van der Waals surface area contributed by atoms with Gasteiger partial charge in [-0.05, 0) is 18.4 Å².